The van der Waals surface area contributed by atoms with E-state index in [4.69, 9.17) is 4.99 Å². The summed E-state index contributed by atoms with van der Waals surface area (Å²) in [5, 5.41) is 12.6. The average Bonchev–Trinajstić information content (AvgIpc) is 2.94. The first kappa shape index (κ1) is 21.5. The summed E-state index contributed by atoms with van der Waals surface area (Å²) < 4.78 is 0. The molecule has 0 spiro atoms. The molecule has 0 aromatic heterocycles. The van der Waals surface area contributed by atoms with Crippen molar-refractivity contribution < 1.29 is 14.7 Å². The van der Waals surface area contributed by atoms with Gasteiger partial charge in [0.1, 0.15) is 0 Å². The number of rotatable bonds is 6. The molecule has 0 fully saturated rings. The Hall–Kier alpha value is -3.77. The van der Waals surface area contributed by atoms with Gasteiger partial charge in [0.15, 0.2) is 0 Å². The molecule has 2 unspecified atom stereocenters. The molecule has 0 bridgehead atoms. The Morgan fingerprint density at radius 2 is 1.62 bits per heavy atom. The normalized spacial score (nSPS) is 16.6. The van der Waals surface area contributed by atoms with Gasteiger partial charge in [-0.15, -0.1) is 0 Å². The molecule has 1 aliphatic heterocycles. The van der Waals surface area contributed by atoms with Crippen molar-refractivity contribution in [3.63, 3.8) is 0 Å². The second kappa shape index (κ2) is 9.58. The zero-order chi connectivity index (χ0) is 22.5. The highest BCUT2D eigenvalue weighted by Crippen LogP contribution is 2.27. The SMILES string of the molecule is CN1C(=O)C(NC(=O)CC(CO)c2ccccc2)N=C(c2ccccc2)c2ccccc21. The molecule has 0 saturated carbocycles. The molecule has 4 rings (SSSR count). The van der Waals surface area contributed by atoms with Gasteiger partial charge in [-0.05, 0) is 11.6 Å². The second-order valence-electron chi connectivity index (χ2n) is 7.72. The topological polar surface area (TPSA) is 82.0 Å². The van der Waals surface area contributed by atoms with Crippen LogP contribution in [0.15, 0.2) is 89.9 Å². The standard InChI is InChI=1S/C26H25N3O3/c1-29-22-15-9-8-14-21(22)24(19-12-6-3-7-13-19)28-25(26(29)32)27-23(31)16-20(17-30)18-10-4-2-5-11-18/h2-15,20,25,30H,16-17H2,1H3,(H,27,31). The quantitative estimate of drug-likeness (QED) is 0.634. The second-order valence-corrected chi connectivity index (χ2v) is 7.72. The van der Waals surface area contributed by atoms with Crippen LogP contribution in [-0.2, 0) is 9.59 Å². The van der Waals surface area contributed by atoms with Crippen LogP contribution in [0.1, 0.15) is 29.0 Å². The van der Waals surface area contributed by atoms with Gasteiger partial charge in [-0.3, -0.25) is 9.59 Å². The molecule has 1 heterocycles. The van der Waals surface area contributed by atoms with E-state index in [0.29, 0.717) is 5.71 Å². The number of aliphatic hydroxyl groups is 1. The van der Waals surface area contributed by atoms with E-state index in [1.165, 1.54) is 4.90 Å². The summed E-state index contributed by atoms with van der Waals surface area (Å²) in [5.74, 6) is -1.02. The van der Waals surface area contributed by atoms with E-state index in [1.54, 1.807) is 7.05 Å². The predicted molar refractivity (Wildman–Crippen MR) is 125 cm³/mol. The van der Waals surface area contributed by atoms with E-state index >= 15 is 0 Å². The summed E-state index contributed by atoms with van der Waals surface area (Å²) in [6.45, 7) is -0.167. The Morgan fingerprint density at radius 1 is 1.00 bits per heavy atom. The van der Waals surface area contributed by atoms with Crippen LogP contribution in [0, 0.1) is 0 Å². The molecule has 2 N–H and O–H groups in total. The largest absolute Gasteiger partial charge is 0.396 e. The number of carbonyl (C=O) groups excluding carboxylic acids is 2. The van der Waals surface area contributed by atoms with E-state index < -0.39 is 6.17 Å². The summed E-state index contributed by atoms with van der Waals surface area (Å²) >= 11 is 0. The number of carbonyl (C=O) groups is 2. The third kappa shape index (κ3) is 4.45. The summed E-state index contributed by atoms with van der Waals surface area (Å²) in [6.07, 6.45) is -1.01. The molecule has 0 aliphatic carbocycles. The number of aliphatic imine (C=N–C) groups is 1. The fourth-order valence-electron chi connectivity index (χ4n) is 3.89. The number of aliphatic hydroxyl groups excluding tert-OH is 1. The van der Waals surface area contributed by atoms with Crippen LogP contribution in [0.2, 0.25) is 0 Å². The molecule has 0 saturated heterocycles. The number of amides is 2. The molecule has 1 aliphatic rings. The van der Waals surface area contributed by atoms with Crippen molar-refractivity contribution in [3.05, 3.63) is 102 Å². The molecule has 6 nitrogen and oxygen atoms in total. The molecular formula is C26H25N3O3. The van der Waals surface area contributed by atoms with E-state index in [0.717, 1.165) is 22.4 Å². The number of benzodiazepines with no additional fused rings is 1. The number of hydrogen-bond acceptors (Lipinski definition) is 4. The van der Waals surface area contributed by atoms with Gasteiger partial charge in [0.2, 0.25) is 12.1 Å². The number of likely N-dealkylation sites (N-methyl/N-ethyl adjacent to an activating group) is 1. The zero-order valence-electron chi connectivity index (χ0n) is 17.8. The summed E-state index contributed by atoms with van der Waals surface area (Å²) in [6, 6.07) is 26.5. The van der Waals surface area contributed by atoms with Gasteiger partial charge in [0.05, 0.1) is 18.0 Å². The fraction of sp³-hybridized carbons (Fsp3) is 0.192. The molecule has 6 heteroatoms. The van der Waals surface area contributed by atoms with E-state index in [2.05, 4.69) is 5.32 Å². The van der Waals surface area contributed by atoms with Crippen molar-refractivity contribution in [2.24, 2.45) is 4.99 Å². The van der Waals surface area contributed by atoms with Crippen LogP contribution in [0.25, 0.3) is 0 Å². The molecule has 2 amide bonds. The van der Waals surface area contributed by atoms with Crippen molar-refractivity contribution in [1.82, 2.24) is 5.32 Å². The minimum Gasteiger partial charge on any atom is -0.396 e. The lowest BCUT2D eigenvalue weighted by atomic mass is 9.96. The van der Waals surface area contributed by atoms with Crippen LogP contribution in [-0.4, -0.2) is 42.5 Å². The number of nitrogens with one attached hydrogen (secondary N) is 1. The Labute approximate surface area is 187 Å². The highest BCUT2D eigenvalue weighted by atomic mass is 16.3. The van der Waals surface area contributed by atoms with Gasteiger partial charge >= 0.3 is 0 Å². The monoisotopic (exact) mass is 427 g/mol. The molecule has 32 heavy (non-hydrogen) atoms. The van der Waals surface area contributed by atoms with Crippen molar-refractivity contribution in [3.8, 4) is 0 Å². The minimum atomic E-state index is -1.06. The lowest BCUT2D eigenvalue weighted by molar-refractivity contribution is -0.127. The molecular weight excluding hydrogens is 402 g/mol. The first-order chi connectivity index (χ1) is 15.6. The van der Waals surface area contributed by atoms with Gasteiger partial charge < -0.3 is 15.3 Å². The van der Waals surface area contributed by atoms with Gasteiger partial charge in [0.25, 0.3) is 5.91 Å². The van der Waals surface area contributed by atoms with Crippen molar-refractivity contribution in [1.29, 1.82) is 0 Å². The molecule has 3 aromatic rings. The van der Waals surface area contributed by atoms with Crippen molar-refractivity contribution >= 4 is 23.2 Å². The fourth-order valence-corrected chi connectivity index (χ4v) is 3.89. The third-order valence-corrected chi connectivity index (χ3v) is 5.61. The highest BCUT2D eigenvalue weighted by molar-refractivity contribution is 6.20. The molecule has 0 radical (unpaired) electrons. The van der Waals surface area contributed by atoms with Crippen LogP contribution in [0.5, 0.6) is 0 Å². The highest BCUT2D eigenvalue weighted by Gasteiger charge is 2.31. The number of para-hydroxylation sites is 1. The number of benzene rings is 3. The lowest BCUT2D eigenvalue weighted by Gasteiger charge is -2.21. The maximum atomic E-state index is 13.2. The summed E-state index contributed by atoms with van der Waals surface area (Å²) in [7, 11) is 1.68. The summed E-state index contributed by atoms with van der Waals surface area (Å²) in [5.41, 5.74) is 3.93. The average molecular weight is 428 g/mol. The van der Waals surface area contributed by atoms with Crippen LogP contribution >= 0.6 is 0 Å². The first-order valence-corrected chi connectivity index (χ1v) is 10.5. The Morgan fingerprint density at radius 3 is 2.31 bits per heavy atom. The van der Waals surface area contributed by atoms with Gasteiger partial charge in [0, 0.05) is 30.5 Å². The van der Waals surface area contributed by atoms with Crippen LogP contribution < -0.4 is 10.2 Å². The maximum absolute atomic E-state index is 13.2. The first-order valence-electron chi connectivity index (χ1n) is 10.5. The predicted octanol–water partition coefficient (Wildman–Crippen LogP) is 3.11. The van der Waals surface area contributed by atoms with Crippen molar-refractivity contribution in [2.45, 2.75) is 18.5 Å². The van der Waals surface area contributed by atoms with E-state index in [-0.39, 0.29) is 30.8 Å². The van der Waals surface area contributed by atoms with Gasteiger partial charge in [-0.1, -0.05) is 78.9 Å². The summed E-state index contributed by atoms with van der Waals surface area (Å²) in [4.78, 5) is 32.3. The Balaban J connectivity index is 1.64. The molecule has 3 aromatic carbocycles. The maximum Gasteiger partial charge on any atom is 0.272 e. The van der Waals surface area contributed by atoms with E-state index in [9.17, 15) is 14.7 Å². The van der Waals surface area contributed by atoms with Crippen LogP contribution in [0.4, 0.5) is 5.69 Å². The lowest BCUT2D eigenvalue weighted by Crippen LogP contribution is -2.46. The Kier molecular flexibility index (Phi) is 6.42. The van der Waals surface area contributed by atoms with Gasteiger partial charge in [-0.25, -0.2) is 4.99 Å². The number of fused-ring (bicyclic) bond motifs is 1. The number of nitrogens with zero attached hydrogens (tertiary/aromatic N) is 2. The number of hydrogen-bond donors (Lipinski definition) is 2. The number of anilines is 1. The molecule has 2 atom stereocenters. The van der Waals surface area contributed by atoms with E-state index in [1.807, 2.05) is 84.9 Å². The Bertz CT molecular complexity index is 1130. The smallest absolute Gasteiger partial charge is 0.272 e. The van der Waals surface area contributed by atoms with Crippen molar-refractivity contribution in [2.75, 3.05) is 18.6 Å². The third-order valence-electron chi connectivity index (χ3n) is 5.61. The van der Waals surface area contributed by atoms with Gasteiger partial charge in [-0.2, -0.15) is 0 Å². The zero-order valence-corrected chi connectivity index (χ0v) is 17.8. The van der Waals surface area contributed by atoms with Crippen LogP contribution in [0.3, 0.4) is 0 Å². The molecule has 162 valence electrons. The minimum absolute atomic E-state index is 0.0527.